The molecule has 0 amide bonds. The van der Waals surface area contributed by atoms with E-state index >= 15 is 0 Å². The molecular formula is C42H85O3P2+. The Morgan fingerprint density at radius 3 is 1.04 bits per heavy atom. The van der Waals surface area contributed by atoms with Crippen molar-refractivity contribution < 1.29 is 13.6 Å². The fourth-order valence-electron chi connectivity index (χ4n) is 6.01. The Morgan fingerprint density at radius 2 is 0.723 bits per heavy atom. The van der Waals surface area contributed by atoms with Crippen LogP contribution in [0.15, 0.2) is 24.3 Å². The minimum Gasteiger partial charge on any atom is -0.309 e. The minimum atomic E-state index is -2.98. The quantitative estimate of drug-likeness (QED) is 0.0366. The van der Waals surface area contributed by atoms with Crippen LogP contribution in [0.3, 0.4) is 0 Å². The van der Waals surface area contributed by atoms with Gasteiger partial charge in [-0.15, -0.1) is 0 Å². The highest BCUT2D eigenvalue weighted by Crippen LogP contribution is 2.52. The summed E-state index contributed by atoms with van der Waals surface area (Å²) < 4.78 is 25.6. The van der Waals surface area contributed by atoms with Gasteiger partial charge in [0.15, 0.2) is 0 Å². The van der Waals surface area contributed by atoms with Crippen LogP contribution in [0.1, 0.15) is 200 Å². The van der Waals surface area contributed by atoms with E-state index in [1.807, 2.05) is 0 Å². The predicted molar refractivity (Wildman–Crippen MR) is 217 cm³/mol. The largest absolute Gasteiger partial charge is 0.330 e. The molecule has 0 aromatic carbocycles. The SMILES string of the molecule is CCCCCCCC/C=C\CCCCCCCCOP(=O)(CCC[P+](C)(C)C)OCCCCCCCC/C=C\CCCCCCCC. The average molecular weight is 700 g/mol. The molecule has 0 aromatic heterocycles. The van der Waals surface area contributed by atoms with E-state index in [9.17, 15) is 4.57 Å². The topological polar surface area (TPSA) is 35.5 Å². The highest BCUT2D eigenvalue weighted by atomic mass is 31.2. The van der Waals surface area contributed by atoms with Gasteiger partial charge < -0.3 is 9.05 Å². The van der Waals surface area contributed by atoms with E-state index in [0.29, 0.717) is 19.4 Å². The number of hydrogen-bond donors (Lipinski definition) is 0. The van der Waals surface area contributed by atoms with Crippen LogP contribution >= 0.6 is 14.9 Å². The molecule has 0 aliphatic rings. The maximum Gasteiger partial charge on any atom is 0.330 e. The molecule has 0 unspecified atom stereocenters. The minimum absolute atomic E-state index is 0.580. The molecule has 0 spiro atoms. The first-order valence-electron chi connectivity index (χ1n) is 20.8. The highest BCUT2D eigenvalue weighted by molar-refractivity contribution is 7.73. The Morgan fingerprint density at radius 1 is 0.426 bits per heavy atom. The number of hydrogen-bond acceptors (Lipinski definition) is 3. The van der Waals surface area contributed by atoms with Crippen molar-refractivity contribution in [3.8, 4) is 0 Å². The Hall–Kier alpha value is 0.0600. The van der Waals surface area contributed by atoms with Gasteiger partial charge >= 0.3 is 7.60 Å². The van der Waals surface area contributed by atoms with Crippen LogP contribution in [-0.4, -0.2) is 45.5 Å². The summed E-state index contributed by atoms with van der Waals surface area (Å²) in [6, 6.07) is 0. The first-order valence-corrected chi connectivity index (χ1v) is 25.9. The molecule has 0 aliphatic heterocycles. The van der Waals surface area contributed by atoms with E-state index in [0.717, 1.165) is 38.3 Å². The Balaban J connectivity index is 3.91. The van der Waals surface area contributed by atoms with Crippen LogP contribution < -0.4 is 0 Å². The van der Waals surface area contributed by atoms with Crippen LogP contribution in [0.2, 0.25) is 0 Å². The standard InChI is InChI=1S/C42H85O3P2/c1-6-8-10-12-14-16-18-20-22-24-26-28-30-32-34-36-39-44-47(43,42-38-41-46(3,4)5)45-40-37-35-33-31-29-27-25-23-21-19-17-15-13-11-9-7-2/h20-23H,6-19,24-42H2,1-5H3/q+1/b22-20-,23-21-. The number of unbranched alkanes of at least 4 members (excludes halogenated alkanes) is 24. The molecule has 0 bridgehead atoms. The summed E-state index contributed by atoms with van der Waals surface area (Å²) in [5.41, 5.74) is 0. The third-order valence-electron chi connectivity index (χ3n) is 9.15. The molecule has 47 heavy (non-hydrogen) atoms. The summed E-state index contributed by atoms with van der Waals surface area (Å²) in [5.74, 6) is 0. The van der Waals surface area contributed by atoms with E-state index in [1.54, 1.807) is 0 Å². The molecule has 0 fully saturated rings. The van der Waals surface area contributed by atoms with Gasteiger partial charge in [0.1, 0.15) is 0 Å². The second-order valence-corrected chi connectivity index (χ2v) is 22.5. The Kier molecular flexibility index (Phi) is 35.9. The molecule has 280 valence electrons. The summed E-state index contributed by atoms with van der Waals surface area (Å²) >= 11 is 0. The van der Waals surface area contributed by atoms with Gasteiger partial charge in [-0.3, -0.25) is 4.57 Å². The smallest absolute Gasteiger partial charge is 0.309 e. The highest BCUT2D eigenvalue weighted by Gasteiger charge is 2.26. The Labute approximate surface area is 297 Å². The molecule has 5 heteroatoms. The van der Waals surface area contributed by atoms with Gasteiger partial charge in [-0.05, 0) is 70.6 Å². The summed E-state index contributed by atoms with van der Waals surface area (Å²) in [7, 11) is -3.86. The summed E-state index contributed by atoms with van der Waals surface area (Å²) in [6.45, 7) is 12.8. The van der Waals surface area contributed by atoms with Gasteiger partial charge in [0, 0.05) is 27.3 Å². The van der Waals surface area contributed by atoms with E-state index in [2.05, 4.69) is 58.1 Å². The van der Waals surface area contributed by atoms with Crippen molar-refractivity contribution in [3.63, 3.8) is 0 Å². The fourth-order valence-corrected chi connectivity index (χ4v) is 9.06. The van der Waals surface area contributed by atoms with Crippen LogP contribution in [0.5, 0.6) is 0 Å². The van der Waals surface area contributed by atoms with Crippen molar-refractivity contribution >= 4 is 14.9 Å². The summed E-state index contributed by atoms with van der Waals surface area (Å²) in [5, 5.41) is 0. The molecule has 0 saturated heterocycles. The van der Waals surface area contributed by atoms with Gasteiger partial charge in [0.2, 0.25) is 0 Å². The molecule has 0 atom stereocenters. The van der Waals surface area contributed by atoms with Gasteiger partial charge in [-0.2, -0.15) is 0 Å². The third-order valence-corrected chi connectivity index (χ3v) is 12.8. The van der Waals surface area contributed by atoms with E-state index < -0.39 is 14.9 Å². The van der Waals surface area contributed by atoms with Gasteiger partial charge in [-0.25, -0.2) is 0 Å². The number of allylic oxidation sites excluding steroid dienone is 4. The van der Waals surface area contributed by atoms with Gasteiger partial charge in [0.25, 0.3) is 0 Å². The van der Waals surface area contributed by atoms with E-state index in [-0.39, 0.29) is 0 Å². The Bertz CT molecular complexity index is 680. The molecule has 0 aliphatic carbocycles. The lowest BCUT2D eigenvalue weighted by molar-refractivity contribution is 0.197. The van der Waals surface area contributed by atoms with Crippen molar-refractivity contribution in [2.45, 2.75) is 200 Å². The molecular weight excluding hydrogens is 614 g/mol. The molecule has 0 saturated carbocycles. The van der Waals surface area contributed by atoms with Crippen molar-refractivity contribution in [1.82, 2.24) is 0 Å². The first-order chi connectivity index (χ1) is 22.8. The van der Waals surface area contributed by atoms with Gasteiger partial charge in [-0.1, -0.05) is 154 Å². The maximum absolute atomic E-state index is 13.6. The second-order valence-electron chi connectivity index (χ2n) is 15.2. The van der Waals surface area contributed by atoms with E-state index in [4.69, 9.17) is 9.05 Å². The van der Waals surface area contributed by atoms with Crippen molar-refractivity contribution in [1.29, 1.82) is 0 Å². The van der Waals surface area contributed by atoms with Crippen molar-refractivity contribution in [2.24, 2.45) is 0 Å². The van der Waals surface area contributed by atoms with Crippen LogP contribution in [-0.2, 0) is 13.6 Å². The van der Waals surface area contributed by atoms with Crippen LogP contribution in [0, 0.1) is 0 Å². The zero-order chi connectivity index (χ0) is 34.6. The second kappa shape index (κ2) is 35.9. The van der Waals surface area contributed by atoms with Crippen molar-refractivity contribution in [3.05, 3.63) is 24.3 Å². The zero-order valence-corrected chi connectivity index (χ0v) is 34.6. The number of rotatable bonds is 38. The molecule has 0 aromatic rings. The lowest BCUT2D eigenvalue weighted by Crippen LogP contribution is -2.05. The molecule has 0 N–H and O–H groups in total. The summed E-state index contributed by atoms with van der Waals surface area (Å²) in [6.07, 6.45) is 48.5. The normalized spacial score (nSPS) is 12.7. The zero-order valence-electron chi connectivity index (χ0n) is 32.8. The van der Waals surface area contributed by atoms with Crippen molar-refractivity contribution in [2.75, 3.05) is 45.5 Å². The lowest BCUT2D eigenvalue weighted by Gasteiger charge is -2.20. The maximum atomic E-state index is 13.6. The monoisotopic (exact) mass is 700 g/mol. The summed E-state index contributed by atoms with van der Waals surface area (Å²) in [4.78, 5) is 0. The van der Waals surface area contributed by atoms with E-state index in [1.165, 1.54) is 154 Å². The van der Waals surface area contributed by atoms with Crippen LogP contribution in [0.25, 0.3) is 0 Å². The predicted octanol–water partition coefficient (Wildman–Crippen LogP) is 15.6. The molecule has 0 heterocycles. The molecule has 3 nitrogen and oxygen atoms in total. The van der Waals surface area contributed by atoms with Crippen LogP contribution in [0.4, 0.5) is 0 Å². The fraction of sp³-hybridized carbons (Fsp3) is 0.905. The molecule has 0 rings (SSSR count). The first kappa shape index (κ1) is 47.1. The third kappa shape index (κ3) is 38.7. The van der Waals surface area contributed by atoms with Gasteiger partial charge in [0.05, 0.1) is 25.5 Å². The lowest BCUT2D eigenvalue weighted by atomic mass is 10.1. The molecule has 0 radical (unpaired) electrons. The average Bonchev–Trinajstić information content (AvgIpc) is 3.03.